The molecule has 0 saturated heterocycles. The Hall–Kier alpha value is -4.29. The second kappa shape index (κ2) is 8.33. The summed E-state index contributed by atoms with van der Waals surface area (Å²) < 4.78 is 74.4. The average molecular weight is 466 g/mol. The summed E-state index contributed by atoms with van der Waals surface area (Å²) in [4.78, 5) is 34.1. The van der Waals surface area contributed by atoms with Gasteiger partial charge in [-0.25, -0.2) is 18.6 Å². The Morgan fingerprint density at radius 1 is 1.12 bits per heavy atom. The maximum absolute atomic E-state index is 14.4. The molecule has 13 heteroatoms. The van der Waals surface area contributed by atoms with Crippen LogP contribution in [0.3, 0.4) is 0 Å². The highest BCUT2D eigenvalue weighted by Crippen LogP contribution is 2.30. The molecule has 0 spiro atoms. The molecule has 1 aromatic carbocycles. The Bertz CT molecular complexity index is 1400. The van der Waals surface area contributed by atoms with Crippen molar-refractivity contribution in [3.05, 3.63) is 87.9 Å². The van der Waals surface area contributed by atoms with Gasteiger partial charge in [-0.2, -0.15) is 0 Å². The maximum Gasteiger partial charge on any atom is 0.573 e. The molecule has 3 aromatic heterocycles. The summed E-state index contributed by atoms with van der Waals surface area (Å²) in [7, 11) is 0. The fraction of sp³-hybridized carbons (Fsp3) is 0.100. The summed E-state index contributed by atoms with van der Waals surface area (Å²) in [5, 5.41) is 2.42. The number of rotatable bonds is 5. The van der Waals surface area contributed by atoms with Gasteiger partial charge in [0.15, 0.2) is 17.1 Å². The molecule has 2 N–H and O–H groups in total. The number of alkyl halides is 3. The van der Waals surface area contributed by atoms with Crippen LogP contribution in [0.2, 0.25) is 0 Å². The largest absolute Gasteiger partial charge is 0.573 e. The van der Waals surface area contributed by atoms with Crippen LogP contribution in [0.4, 0.5) is 22.0 Å². The number of H-pyrrole nitrogens is 1. The molecule has 3 heterocycles. The zero-order valence-corrected chi connectivity index (χ0v) is 16.1. The molecule has 4 aromatic rings. The molecule has 170 valence electrons. The van der Waals surface area contributed by atoms with Crippen LogP contribution in [0.15, 0.2) is 58.0 Å². The van der Waals surface area contributed by atoms with Crippen LogP contribution in [0, 0.1) is 11.6 Å². The van der Waals surface area contributed by atoms with E-state index in [2.05, 4.69) is 25.0 Å². The minimum atomic E-state index is -5.12. The molecule has 1 unspecified atom stereocenters. The lowest BCUT2D eigenvalue weighted by Gasteiger charge is -2.20. The van der Waals surface area contributed by atoms with Gasteiger partial charge in [0.25, 0.3) is 5.91 Å². The molecule has 1 amide bonds. The summed E-state index contributed by atoms with van der Waals surface area (Å²) in [6.07, 6.45) is -2.79. The fourth-order valence-electron chi connectivity index (χ4n) is 3.01. The summed E-state index contributed by atoms with van der Waals surface area (Å²) in [5.74, 6) is -4.99. The number of carbonyl (C=O) groups excluding carboxylic acids is 1. The maximum atomic E-state index is 14.4. The number of hydrogen-bond acceptors (Lipinski definition) is 6. The Balaban J connectivity index is 1.71. The van der Waals surface area contributed by atoms with E-state index in [0.717, 1.165) is 18.3 Å². The van der Waals surface area contributed by atoms with E-state index in [1.807, 2.05) is 0 Å². The summed E-state index contributed by atoms with van der Waals surface area (Å²) in [5.41, 5.74) is -0.400. The number of oxazole rings is 1. The van der Waals surface area contributed by atoms with Gasteiger partial charge in [-0.15, -0.1) is 13.2 Å². The van der Waals surface area contributed by atoms with Gasteiger partial charge in [0.05, 0.1) is 17.8 Å². The molecule has 8 nitrogen and oxygen atoms in total. The number of fused-ring (bicyclic) bond motifs is 1. The van der Waals surface area contributed by atoms with Crippen molar-refractivity contribution >= 4 is 17.0 Å². The number of halogens is 5. The van der Waals surface area contributed by atoms with Gasteiger partial charge in [-0.1, -0.05) is 6.07 Å². The van der Waals surface area contributed by atoms with Gasteiger partial charge in [0.2, 0.25) is 0 Å². The second-order valence-electron chi connectivity index (χ2n) is 6.59. The van der Waals surface area contributed by atoms with Crippen LogP contribution in [0.1, 0.15) is 27.8 Å². The third-order valence-corrected chi connectivity index (χ3v) is 4.39. The van der Waals surface area contributed by atoms with Crippen LogP contribution in [-0.2, 0) is 0 Å². The molecule has 0 saturated carbocycles. The van der Waals surface area contributed by atoms with Gasteiger partial charge in [-0.3, -0.25) is 14.8 Å². The number of pyridine rings is 2. The van der Waals surface area contributed by atoms with Crippen LogP contribution < -0.4 is 15.8 Å². The molecule has 0 aliphatic carbocycles. The minimum Gasteiger partial charge on any atom is -0.406 e. The SMILES string of the molecule is O=C(NC(c1ccc(OC(F)(F)F)c(F)c1)c1ncccc1F)c1cc2[nH]c(=O)oc2cn1. The van der Waals surface area contributed by atoms with E-state index in [0.29, 0.717) is 12.1 Å². The third-order valence-electron chi connectivity index (χ3n) is 4.39. The molecule has 0 aliphatic rings. The van der Waals surface area contributed by atoms with E-state index in [4.69, 9.17) is 4.42 Å². The van der Waals surface area contributed by atoms with Crippen LogP contribution in [0.5, 0.6) is 5.75 Å². The molecular weight excluding hydrogens is 455 g/mol. The Kier molecular flexibility index (Phi) is 5.54. The Labute approximate surface area is 180 Å². The number of hydrogen-bond donors (Lipinski definition) is 2. The van der Waals surface area contributed by atoms with Crippen molar-refractivity contribution in [2.75, 3.05) is 0 Å². The first-order chi connectivity index (χ1) is 15.6. The molecule has 0 bridgehead atoms. The van der Waals surface area contributed by atoms with Crippen molar-refractivity contribution in [1.82, 2.24) is 20.3 Å². The Morgan fingerprint density at radius 3 is 2.61 bits per heavy atom. The number of aromatic nitrogens is 3. The average Bonchev–Trinajstić information content (AvgIpc) is 3.12. The second-order valence-corrected chi connectivity index (χ2v) is 6.59. The molecule has 0 radical (unpaired) electrons. The standard InChI is InChI=1S/C20H11F5N4O4/c21-10-2-1-5-26-17(10)16(9-3-4-14(11(22)6-9)33-20(23,24)25)29-18(30)13-7-12-15(8-27-13)32-19(31)28-12/h1-8,16H,(H,28,31)(H,29,30). The van der Waals surface area contributed by atoms with Crippen molar-refractivity contribution in [3.8, 4) is 5.75 Å². The van der Waals surface area contributed by atoms with Crippen LogP contribution >= 0.6 is 0 Å². The number of carbonyl (C=O) groups is 1. The van der Waals surface area contributed by atoms with E-state index in [9.17, 15) is 31.5 Å². The number of amides is 1. The highest BCUT2D eigenvalue weighted by molar-refractivity contribution is 5.95. The molecule has 1 atom stereocenters. The van der Waals surface area contributed by atoms with Crippen molar-refractivity contribution in [1.29, 1.82) is 0 Å². The lowest BCUT2D eigenvalue weighted by atomic mass is 10.0. The minimum absolute atomic E-state index is 0.0891. The number of nitrogens with zero attached hydrogens (tertiary/aromatic N) is 2. The first-order valence-corrected chi connectivity index (χ1v) is 9.06. The number of aromatic amines is 1. The van der Waals surface area contributed by atoms with E-state index in [1.165, 1.54) is 18.3 Å². The predicted molar refractivity (Wildman–Crippen MR) is 101 cm³/mol. The first kappa shape index (κ1) is 21.9. The fourth-order valence-corrected chi connectivity index (χ4v) is 3.01. The van der Waals surface area contributed by atoms with Crippen LogP contribution in [0.25, 0.3) is 11.1 Å². The first-order valence-electron chi connectivity index (χ1n) is 9.06. The lowest BCUT2D eigenvalue weighted by molar-refractivity contribution is -0.275. The normalized spacial score (nSPS) is 12.5. The van der Waals surface area contributed by atoms with Crippen molar-refractivity contribution in [2.45, 2.75) is 12.4 Å². The zero-order valence-electron chi connectivity index (χ0n) is 16.1. The molecule has 0 fully saturated rings. The highest BCUT2D eigenvalue weighted by Gasteiger charge is 2.33. The number of nitrogens with one attached hydrogen (secondary N) is 2. The van der Waals surface area contributed by atoms with Crippen molar-refractivity contribution < 1.29 is 35.9 Å². The topological polar surface area (TPSA) is 110 Å². The van der Waals surface area contributed by atoms with Crippen molar-refractivity contribution in [2.24, 2.45) is 0 Å². The smallest absolute Gasteiger partial charge is 0.406 e. The highest BCUT2D eigenvalue weighted by atomic mass is 19.4. The Morgan fingerprint density at radius 2 is 1.91 bits per heavy atom. The predicted octanol–water partition coefficient (Wildman–Crippen LogP) is 3.61. The van der Waals surface area contributed by atoms with E-state index < -0.39 is 41.5 Å². The van der Waals surface area contributed by atoms with Gasteiger partial charge in [0.1, 0.15) is 17.2 Å². The van der Waals surface area contributed by atoms with Crippen LogP contribution in [-0.4, -0.2) is 27.2 Å². The molecule has 0 aliphatic heterocycles. The lowest BCUT2D eigenvalue weighted by Crippen LogP contribution is -2.31. The van der Waals surface area contributed by atoms with Gasteiger partial charge < -0.3 is 14.5 Å². The third kappa shape index (κ3) is 4.81. The monoisotopic (exact) mass is 466 g/mol. The van der Waals surface area contributed by atoms with Crippen molar-refractivity contribution in [3.63, 3.8) is 0 Å². The van der Waals surface area contributed by atoms with E-state index in [1.54, 1.807) is 0 Å². The summed E-state index contributed by atoms with van der Waals surface area (Å²) in [6, 6.07) is 4.48. The number of ether oxygens (including phenoxy) is 1. The quantitative estimate of drug-likeness (QED) is 0.435. The molecule has 4 rings (SSSR count). The summed E-state index contributed by atoms with van der Waals surface area (Å²) >= 11 is 0. The zero-order chi connectivity index (χ0) is 23.8. The van der Waals surface area contributed by atoms with E-state index >= 15 is 0 Å². The summed E-state index contributed by atoms with van der Waals surface area (Å²) in [6.45, 7) is 0. The van der Waals surface area contributed by atoms with Gasteiger partial charge >= 0.3 is 12.1 Å². The molecule has 33 heavy (non-hydrogen) atoms. The van der Waals surface area contributed by atoms with Gasteiger partial charge in [0, 0.05) is 6.20 Å². The number of benzene rings is 1. The molecular formula is C20H11F5N4O4. The van der Waals surface area contributed by atoms with E-state index in [-0.39, 0.29) is 28.1 Å². The van der Waals surface area contributed by atoms with Gasteiger partial charge in [-0.05, 0) is 35.9 Å².